The lowest BCUT2D eigenvalue weighted by molar-refractivity contribution is 0.0931. The summed E-state index contributed by atoms with van der Waals surface area (Å²) in [5.41, 5.74) is 1.15. The summed E-state index contributed by atoms with van der Waals surface area (Å²) >= 11 is 7.59. The number of alkyl halides is 1. The van der Waals surface area contributed by atoms with E-state index in [1.165, 1.54) is 11.3 Å². The normalized spacial score (nSPS) is 24.6. The van der Waals surface area contributed by atoms with Crippen LogP contribution < -0.4 is 5.32 Å². The number of carbonyl (C=O) groups excluding carboxylic acids is 1. The van der Waals surface area contributed by atoms with Crippen LogP contribution in [0, 0.1) is 0 Å². The maximum atomic E-state index is 12.1. The van der Waals surface area contributed by atoms with Gasteiger partial charge in [0.1, 0.15) is 0 Å². The van der Waals surface area contributed by atoms with E-state index in [-0.39, 0.29) is 5.91 Å². The standard InChI is InChI=1S/C13H18ClNOS/c1-2-9-7-8-17-12(9)13(16)15-11-5-3-10(14)4-6-11/h7-8,10-11H,2-6H2,1H3,(H,15,16). The maximum absolute atomic E-state index is 12.1. The van der Waals surface area contributed by atoms with Crippen LogP contribution in [0.1, 0.15) is 47.8 Å². The van der Waals surface area contributed by atoms with Crippen LogP contribution in [0.4, 0.5) is 0 Å². The smallest absolute Gasteiger partial charge is 0.261 e. The quantitative estimate of drug-likeness (QED) is 0.837. The minimum atomic E-state index is 0.0925. The predicted molar refractivity (Wildman–Crippen MR) is 73.1 cm³/mol. The van der Waals surface area contributed by atoms with Crippen LogP contribution in [-0.2, 0) is 6.42 Å². The SMILES string of the molecule is CCc1ccsc1C(=O)NC1CCC(Cl)CC1. The zero-order chi connectivity index (χ0) is 12.3. The van der Waals surface area contributed by atoms with Crippen LogP contribution in [0.15, 0.2) is 11.4 Å². The summed E-state index contributed by atoms with van der Waals surface area (Å²) < 4.78 is 0. The molecule has 4 heteroatoms. The molecule has 0 spiro atoms. The van der Waals surface area contributed by atoms with Gasteiger partial charge in [-0.3, -0.25) is 4.79 Å². The van der Waals surface area contributed by atoms with Gasteiger partial charge in [-0.1, -0.05) is 6.92 Å². The molecule has 1 aliphatic rings. The molecule has 1 aromatic rings. The second kappa shape index (κ2) is 5.87. The summed E-state index contributed by atoms with van der Waals surface area (Å²) in [7, 11) is 0. The van der Waals surface area contributed by atoms with Gasteiger partial charge in [0, 0.05) is 11.4 Å². The van der Waals surface area contributed by atoms with Crippen LogP contribution in [0.2, 0.25) is 0 Å². The molecule has 2 nitrogen and oxygen atoms in total. The molecular formula is C13H18ClNOS. The van der Waals surface area contributed by atoms with E-state index in [0.29, 0.717) is 11.4 Å². The van der Waals surface area contributed by atoms with E-state index in [4.69, 9.17) is 11.6 Å². The van der Waals surface area contributed by atoms with Crippen molar-refractivity contribution >= 4 is 28.8 Å². The van der Waals surface area contributed by atoms with Crippen molar-refractivity contribution in [3.05, 3.63) is 21.9 Å². The third-order valence-electron chi connectivity index (χ3n) is 3.33. The number of amides is 1. The highest BCUT2D eigenvalue weighted by atomic mass is 35.5. The summed E-state index contributed by atoms with van der Waals surface area (Å²) in [6.07, 6.45) is 4.95. The first-order chi connectivity index (χ1) is 8.20. The van der Waals surface area contributed by atoms with E-state index in [0.717, 1.165) is 42.5 Å². The number of thiophene rings is 1. The van der Waals surface area contributed by atoms with Crippen molar-refractivity contribution in [3.63, 3.8) is 0 Å². The largest absolute Gasteiger partial charge is 0.349 e. The van der Waals surface area contributed by atoms with Crippen molar-refractivity contribution in [2.45, 2.75) is 50.4 Å². The van der Waals surface area contributed by atoms with Gasteiger partial charge in [-0.25, -0.2) is 0 Å². The Balaban J connectivity index is 1.93. The van der Waals surface area contributed by atoms with Gasteiger partial charge in [0.15, 0.2) is 0 Å². The van der Waals surface area contributed by atoms with Crippen LogP contribution >= 0.6 is 22.9 Å². The Labute approximate surface area is 111 Å². The molecule has 1 amide bonds. The molecule has 94 valence electrons. The van der Waals surface area contributed by atoms with E-state index in [1.54, 1.807) is 0 Å². The van der Waals surface area contributed by atoms with E-state index in [2.05, 4.69) is 12.2 Å². The van der Waals surface area contributed by atoms with E-state index in [1.807, 2.05) is 11.4 Å². The van der Waals surface area contributed by atoms with Crippen LogP contribution in [-0.4, -0.2) is 17.3 Å². The fourth-order valence-corrected chi connectivity index (χ4v) is 3.41. The highest BCUT2D eigenvalue weighted by Crippen LogP contribution is 2.24. The molecule has 1 aromatic heterocycles. The number of rotatable bonds is 3. The number of nitrogens with one attached hydrogen (secondary N) is 1. The fourth-order valence-electron chi connectivity index (χ4n) is 2.26. The lowest BCUT2D eigenvalue weighted by Gasteiger charge is -2.25. The van der Waals surface area contributed by atoms with Gasteiger partial charge in [-0.2, -0.15) is 0 Å². The maximum Gasteiger partial charge on any atom is 0.261 e. The van der Waals surface area contributed by atoms with Gasteiger partial charge in [0.05, 0.1) is 4.88 Å². The van der Waals surface area contributed by atoms with Gasteiger partial charge >= 0.3 is 0 Å². The van der Waals surface area contributed by atoms with Crippen molar-refractivity contribution in [2.75, 3.05) is 0 Å². The molecule has 17 heavy (non-hydrogen) atoms. The third-order valence-corrected chi connectivity index (χ3v) is 4.72. The highest BCUT2D eigenvalue weighted by molar-refractivity contribution is 7.12. The average molecular weight is 272 g/mol. The molecule has 0 unspecified atom stereocenters. The Morgan fingerprint density at radius 3 is 2.82 bits per heavy atom. The molecule has 1 N–H and O–H groups in total. The first-order valence-corrected chi connectivity index (χ1v) is 7.53. The summed E-state index contributed by atoms with van der Waals surface area (Å²) in [5.74, 6) is 0.0925. The molecule has 1 heterocycles. The number of hydrogen-bond donors (Lipinski definition) is 1. The Hall–Kier alpha value is -0.540. The second-order valence-corrected chi connectivity index (χ2v) is 6.08. The molecule has 1 saturated carbocycles. The number of carbonyl (C=O) groups is 1. The summed E-state index contributed by atoms with van der Waals surface area (Å²) in [6, 6.07) is 2.35. The zero-order valence-corrected chi connectivity index (χ0v) is 11.6. The molecule has 0 atom stereocenters. The van der Waals surface area contributed by atoms with Crippen molar-refractivity contribution in [1.82, 2.24) is 5.32 Å². The molecule has 0 radical (unpaired) electrons. The minimum Gasteiger partial charge on any atom is -0.349 e. The predicted octanol–water partition coefficient (Wildman–Crippen LogP) is 3.59. The number of halogens is 1. The fraction of sp³-hybridized carbons (Fsp3) is 0.615. The number of aryl methyl sites for hydroxylation is 1. The molecule has 0 aliphatic heterocycles. The first kappa shape index (κ1) is 12.9. The van der Waals surface area contributed by atoms with Gasteiger partial charge in [-0.15, -0.1) is 22.9 Å². The minimum absolute atomic E-state index is 0.0925. The Morgan fingerprint density at radius 1 is 1.47 bits per heavy atom. The van der Waals surface area contributed by atoms with Crippen molar-refractivity contribution < 1.29 is 4.79 Å². The first-order valence-electron chi connectivity index (χ1n) is 6.22. The van der Waals surface area contributed by atoms with Crippen LogP contribution in [0.3, 0.4) is 0 Å². The summed E-state index contributed by atoms with van der Waals surface area (Å²) in [6.45, 7) is 2.08. The van der Waals surface area contributed by atoms with Gasteiger partial charge in [-0.05, 0) is 49.1 Å². The molecule has 0 aromatic carbocycles. The van der Waals surface area contributed by atoms with Crippen LogP contribution in [0.25, 0.3) is 0 Å². The van der Waals surface area contributed by atoms with Gasteiger partial charge < -0.3 is 5.32 Å². The third kappa shape index (κ3) is 3.23. The Morgan fingerprint density at radius 2 is 2.18 bits per heavy atom. The molecule has 0 saturated heterocycles. The highest BCUT2D eigenvalue weighted by Gasteiger charge is 2.22. The Bertz CT molecular complexity index is 383. The average Bonchev–Trinajstić information content (AvgIpc) is 2.80. The number of hydrogen-bond acceptors (Lipinski definition) is 2. The van der Waals surface area contributed by atoms with Crippen molar-refractivity contribution in [3.8, 4) is 0 Å². The summed E-state index contributed by atoms with van der Waals surface area (Å²) in [4.78, 5) is 13.0. The van der Waals surface area contributed by atoms with E-state index >= 15 is 0 Å². The summed E-state index contributed by atoms with van der Waals surface area (Å²) in [5, 5.41) is 5.42. The lowest BCUT2D eigenvalue weighted by Crippen LogP contribution is -2.37. The van der Waals surface area contributed by atoms with Crippen molar-refractivity contribution in [2.24, 2.45) is 0 Å². The van der Waals surface area contributed by atoms with Gasteiger partial charge in [0.25, 0.3) is 5.91 Å². The van der Waals surface area contributed by atoms with Crippen LogP contribution in [0.5, 0.6) is 0 Å². The molecule has 2 rings (SSSR count). The monoisotopic (exact) mass is 271 g/mol. The van der Waals surface area contributed by atoms with Crippen molar-refractivity contribution in [1.29, 1.82) is 0 Å². The zero-order valence-electron chi connectivity index (χ0n) is 10.0. The second-order valence-electron chi connectivity index (χ2n) is 4.55. The topological polar surface area (TPSA) is 29.1 Å². The Kier molecular flexibility index (Phi) is 4.46. The molecule has 0 bridgehead atoms. The lowest BCUT2D eigenvalue weighted by atomic mass is 9.95. The molecule has 1 fully saturated rings. The molecular weight excluding hydrogens is 254 g/mol. The van der Waals surface area contributed by atoms with E-state index in [9.17, 15) is 4.79 Å². The molecule has 1 aliphatic carbocycles. The van der Waals surface area contributed by atoms with E-state index < -0.39 is 0 Å². The van der Waals surface area contributed by atoms with Gasteiger partial charge in [0.2, 0.25) is 0 Å².